The van der Waals surface area contributed by atoms with Gasteiger partial charge in [0.1, 0.15) is 0 Å². The Labute approximate surface area is 109 Å². The molecule has 0 saturated heterocycles. The quantitative estimate of drug-likeness (QED) is 0.460. The molecule has 0 aliphatic carbocycles. The third-order valence-electron chi connectivity index (χ3n) is 2.52. The molecule has 7 nitrogen and oxygen atoms in total. The summed E-state index contributed by atoms with van der Waals surface area (Å²) in [4.78, 5) is 32.2. The fraction of sp³-hybridized carbons (Fsp3) is 0.333. The molecule has 0 saturated carbocycles. The number of carboxylic acid groups (broad SMARTS) is 1. The predicted octanol–water partition coefficient (Wildman–Crippen LogP) is 1.50. The van der Waals surface area contributed by atoms with Gasteiger partial charge in [0.25, 0.3) is 11.6 Å². The van der Waals surface area contributed by atoms with E-state index in [0.29, 0.717) is 12.0 Å². The number of nitrogens with zero attached hydrogens (tertiary/aromatic N) is 1. The fourth-order valence-corrected chi connectivity index (χ4v) is 1.49. The molecule has 19 heavy (non-hydrogen) atoms. The second-order valence-corrected chi connectivity index (χ2v) is 4.01. The highest BCUT2D eigenvalue weighted by Gasteiger charge is 2.14. The highest BCUT2D eigenvalue weighted by Crippen LogP contribution is 2.19. The number of carbonyl (C=O) groups excluding carboxylic acids is 1. The number of aryl methyl sites for hydroxylation is 1. The van der Waals surface area contributed by atoms with E-state index in [0.717, 1.165) is 0 Å². The molecule has 1 aromatic rings. The molecule has 0 spiro atoms. The van der Waals surface area contributed by atoms with Crippen molar-refractivity contribution in [1.82, 2.24) is 5.32 Å². The Morgan fingerprint density at radius 3 is 2.68 bits per heavy atom. The van der Waals surface area contributed by atoms with Crippen molar-refractivity contribution in [3.05, 3.63) is 39.4 Å². The van der Waals surface area contributed by atoms with Crippen LogP contribution in [-0.2, 0) is 4.79 Å². The Balaban J connectivity index is 2.65. The van der Waals surface area contributed by atoms with Crippen molar-refractivity contribution in [1.29, 1.82) is 0 Å². The molecule has 1 rings (SSSR count). The molecule has 1 amide bonds. The van der Waals surface area contributed by atoms with Gasteiger partial charge in [-0.3, -0.25) is 19.7 Å². The van der Waals surface area contributed by atoms with E-state index in [1.807, 2.05) is 0 Å². The normalized spacial score (nSPS) is 9.95. The second kappa shape index (κ2) is 6.48. The van der Waals surface area contributed by atoms with Crippen LogP contribution in [0.4, 0.5) is 5.69 Å². The first-order chi connectivity index (χ1) is 8.91. The van der Waals surface area contributed by atoms with Crippen molar-refractivity contribution < 1.29 is 19.6 Å². The van der Waals surface area contributed by atoms with E-state index in [1.165, 1.54) is 18.2 Å². The van der Waals surface area contributed by atoms with E-state index in [4.69, 9.17) is 5.11 Å². The van der Waals surface area contributed by atoms with Crippen LogP contribution in [0.15, 0.2) is 18.2 Å². The van der Waals surface area contributed by atoms with Gasteiger partial charge in [0.05, 0.1) is 4.92 Å². The lowest BCUT2D eigenvalue weighted by Crippen LogP contribution is -2.25. The summed E-state index contributed by atoms with van der Waals surface area (Å²) >= 11 is 0. The number of nitrogens with one attached hydrogen (secondary N) is 1. The molecular weight excluding hydrogens is 252 g/mol. The van der Waals surface area contributed by atoms with E-state index in [-0.39, 0.29) is 24.2 Å². The number of hydrogen-bond acceptors (Lipinski definition) is 4. The Morgan fingerprint density at radius 1 is 1.42 bits per heavy atom. The van der Waals surface area contributed by atoms with Crippen molar-refractivity contribution in [2.45, 2.75) is 19.8 Å². The number of hydrogen-bond donors (Lipinski definition) is 2. The van der Waals surface area contributed by atoms with Gasteiger partial charge < -0.3 is 10.4 Å². The maximum absolute atomic E-state index is 11.7. The third-order valence-corrected chi connectivity index (χ3v) is 2.52. The average Bonchev–Trinajstić information content (AvgIpc) is 2.34. The van der Waals surface area contributed by atoms with Gasteiger partial charge in [-0.1, -0.05) is 6.07 Å². The van der Waals surface area contributed by atoms with E-state index >= 15 is 0 Å². The summed E-state index contributed by atoms with van der Waals surface area (Å²) in [6, 6.07) is 4.21. The van der Waals surface area contributed by atoms with E-state index in [2.05, 4.69) is 5.32 Å². The van der Waals surface area contributed by atoms with Gasteiger partial charge >= 0.3 is 5.97 Å². The Kier molecular flexibility index (Phi) is 4.99. The molecule has 0 heterocycles. The third kappa shape index (κ3) is 4.38. The van der Waals surface area contributed by atoms with Crippen molar-refractivity contribution in [3.63, 3.8) is 0 Å². The molecule has 102 valence electrons. The highest BCUT2D eigenvalue weighted by atomic mass is 16.6. The molecule has 1 aromatic carbocycles. The molecule has 0 unspecified atom stereocenters. The van der Waals surface area contributed by atoms with E-state index < -0.39 is 16.8 Å². The van der Waals surface area contributed by atoms with Crippen LogP contribution in [0.3, 0.4) is 0 Å². The molecular formula is C12H14N2O5. The van der Waals surface area contributed by atoms with Gasteiger partial charge in [0.2, 0.25) is 0 Å². The number of benzene rings is 1. The maximum atomic E-state index is 11.7. The Hall–Kier alpha value is -2.44. The first-order valence-corrected chi connectivity index (χ1v) is 5.67. The minimum absolute atomic E-state index is 0.0334. The van der Waals surface area contributed by atoms with Crippen LogP contribution in [0, 0.1) is 17.0 Å². The first-order valence-electron chi connectivity index (χ1n) is 5.67. The number of nitro benzene ring substituents is 1. The lowest BCUT2D eigenvalue weighted by atomic mass is 10.1. The summed E-state index contributed by atoms with van der Waals surface area (Å²) in [5.41, 5.74) is 0.554. The zero-order valence-electron chi connectivity index (χ0n) is 10.4. The minimum Gasteiger partial charge on any atom is -0.481 e. The number of carbonyl (C=O) groups is 2. The Morgan fingerprint density at radius 2 is 2.11 bits per heavy atom. The SMILES string of the molecule is Cc1ccc(C(=O)NCCCC(=O)O)cc1[N+](=O)[O-]. The molecule has 7 heteroatoms. The smallest absolute Gasteiger partial charge is 0.303 e. The van der Waals surface area contributed by atoms with E-state index in [9.17, 15) is 19.7 Å². The molecule has 0 aliphatic heterocycles. The summed E-state index contributed by atoms with van der Waals surface area (Å²) in [7, 11) is 0. The fourth-order valence-electron chi connectivity index (χ4n) is 1.49. The maximum Gasteiger partial charge on any atom is 0.303 e. The number of aliphatic carboxylic acids is 1. The average molecular weight is 266 g/mol. The summed E-state index contributed by atoms with van der Waals surface area (Å²) < 4.78 is 0. The van der Waals surface area contributed by atoms with Crippen LogP contribution >= 0.6 is 0 Å². The summed E-state index contributed by atoms with van der Waals surface area (Å²) in [5.74, 6) is -1.38. The standard InChI is InChI=1S/C12H14N2O5/c1-8-4-5-9(7-10(8)14(18)19)12(17)13-6-2-3-11(15)16/h4-5,7H,2-3,6H2,1H3,(H,13,17)(H,15,16). The van der Waals surface area contributed by atoms with Crippen LogP contribution in [0.5, 0.6) is 0 Å². The van der Waals surface area contributed by atoms with Gasteiger partial charge in [-0.25, -0.2) is 0 Å². The zero-order valence-corrected chi connectivity index (χ0v) is 10.4. The number of carboxylic acids is 1. The number of amides is 1. The Bertz CT molecular complexity index is 513. The van der Waals surface area contributed by atoms with Gasteiger partial charge in [-0.05, 0) is 19.4 Å². The predicted molar refractivity (Wildman–Crippen MR) is 67.0 cm³/mol. The topological polar surface area (TPSA) is 110 Å². The zero-order chi connectivity index (χ0) is 14.4. The van der Waals surface area contributed by atoms with Gasteiger partial charge in [-0.15, -0.1) is 0 Å². The van der Waals surface area contributed by atoms with Crippen LogP contribution in [0.25, 0.3) is 0 Å². The summed E-state index contributed by atoms with van der Waals surface area (Å²) in [6.45, 7) is 1.81. The molecule has 0 radical (unpaired) electrons. The van der Waals surface area contributed by atoms with Crippen LogP contribution in [0.2, 0.25) is 0 Å². The largest absolute Gasteiger partial charge is 0.481 e. The summed E-state index contributed by atoms with van der Waals surface area (Å²) in [6.07, 6.45) is 0.281. The highest BCUT2D eigenvalue weighted by molar-refractivity contribution is 5.94. The first kappa shape index (κ1) is 14.6. The molecule has 0 aliphatic rings. The molecule has 0 bridgehead atoms. The van der Waals surface area contributed by atoms with Crippen molar-refractivity contribution in [3.8, 4) is 0 Å². The molecule has 0 atom stereocenters. The molecule has 0 aromatic heterocycles. The van der Waals surface area contributed by atoms with Crippen molar-refractivity contribution in [2.75, 3.05) is 6.54 Å². The monoisotopic (exact) mass is 266 g/mol. The lowest BCUT2D eigenvalue weighted by Gasteiger charge is -2.05. The van der Waals surface area contributed by atoms with Gasteiger partial charge in [0, 0.05) is 30.2 Å². The number of nitro groups is 1. The lowest BCUT2D eigenvalue weighted by molar-refractivity contribution is -0.385. The molecule has 0 fully saturated rings. The van der Waals surface area contributed by atoms with Crippen molar-refractivity contribution >= 4 is 17.6 Å². The van der Waals surface area contributed by atoms with Crippen LogP contribution in [-0.4, -0.2) is 28.5 Å². The van der Waals surface area contributed by atoms with E-state index in [1.54, 1.807) is 6.92 Å². The van der Waals surface area contributed by atoms with Crippen molar-refractivity contribution in [2.24, 2.45) is 0 Å². The summed E-state index contributed by atoms with van der Waals surface area (Å²) in [5, 5.41) is 21.7. The van der Waals surface area contributed by atoms with Crippen LogP contribution < -0.4 is 5.32 Å². The second-order valence-electron chi connectivity index (χ2n) is 4.01. The van der Waals surface area contributed by atoms with Gasteiger partial charge in [-0.2, -0.15) is 0 Å². The van der Waals surface area contributed by atoms with Gasteiger partial charge in [0.15, 0.2) is 0 Å². The molecule has 2 N–H and O–H groups in total. The minimum atomic E-state index is -0.930. The number of rotatable bonds is 6. The van der Waals surface area contributed by atoms with Crippen LogP contribution in [0.1, 0.15) is 28.8 Å².